The molecule has 1 unspecified atom stereocenters. The fourth-order valence-corrected chi connectivity index (χ4v) is 2.64. The quantitative estimate of drug-likeness (QED) is 0.863. The Labute approximate surface area is 105 Å². The van der Waals surface area contributed by atoms with Crippen molar-refractivity contribution in [1.82, 2.24) is 15.2 Å². The topological polar surface area (TPSA) is 48.5 Å². The van der Waals surface area contributed by atoms with E-state index < -0.39 is 0 Å². The summed E-state index contributed by atoms with van der Waals surface area (Å²) in [7, 11) is 3.76. The number of carbonyl (C=O) groups excluding carboxylic acids is 1. The van der Waals surface area contributed by atoms with Gasteiger partial charge < -0.3 is 15.1 Å². The van der Waals surface area contributed by atoms with Gasteiger partial charge >= 0.3 is 0 Å². The molecule has 1 aliphatic heterocycles. The number of amides is 1. The standard InChI is InChI=1S/C11H18N4OS/c1-8(12-2)9-7-17-11(13-9)15-5-4-14(3)10(16)6-15/h7-8,12H,4-6H2,1-3H3. The van der Waals surface area contributed by atoms with Crippen LogP contribution in [0.2, 0.25) is 0 Å². The lowest BCUT2D eigenvalue weighted by molar-refractivity contribution is -0.129. The zero-order chi connectivity index (χ0) is 12.4. The molecule has 0 spiro atoms. The number of nitrogens with zero attached hydrogens (tertiary/aromatic N) is 3. The summed E-state index contributed by atoms with van der Waals surface area (Å²) in [6.45, 7) is 4.16. The Balaban J connectivity index is 2.08. The van der Waals surface area contributed by atoms with E-state index >= 15 is 0 Å². The van der Waals surface area contributed by atoms with Gasteiger partial charge in [-0.2, -0.15) is 0 Å². The van der Waals surface area contributed by atoms with Gasteiger partial charge in [0, 0.05) is 31.6 Å². The molecule has 5 nitrogen and oxygen atoms in total. The van der Waals surface area contributed by atoms with Gasteiger partial charge in [0.2, 0.25) is 5.91 Å². The Morgan fingerprint density at radius 2 is 2.29 bits per heavy atom. The number of nitrogens with one attached hydrogen (secondary N) is 1. The van der Waals surface area contributed by atoms with Crippen molar-refractivity contribution < 1.29 is 4.79 Å². The maximum atomic E-state index is 11.6. The minimum absolute atomic E-state index is 0.162. The van der Waals surface area contributed by atoms with Gasteiger partial charge in [0.05, 0.1) is 12.2 Å². The molecular formula is C11H18N4OS. The van der Waals surface area contributed by atoms with Crippen molar-refractivity contribution >= 4 is 22.4 Å². The molecule has 17 heavy (non-hydrogen) atoms. The van der Waals surface area contributed by atoms with E-state index in [-0.39, 0.29) is 11.9 Å². The summed E-state index contributed by atoms with van der Waals surface area (Å²) in [4.78, 5) is 20.0. The summed E-state index contributed by atoms with van der Waals surface area (Å²) in [6, 6.07) is 0.253. The van der Waals surface area contributed by atoms with Gasteiger partial charge in [-0.05, 0) is 14.0 Å². The Morgan fingerprint density at radius 1 is 1.53 bits per heavy atom. The van der Waals surface area contributed by atoms with Crippen LogP contribution in [0.1, 0.15) is 18.7 Å². The van der Waals surface area contributed by atoms with Gasteiger partial charge in [-0.15, -0.1) is 11.3 Å². The molecule has 1 atom stereocenters. The van der Waals surface area contributed by atoms with Gasteiger partial charge in [-0.25, -0.2) is 4.98 Å². The van der Waals surface area contributed by atoms with Gasteiger partial charge in [-0.3, -0.25) is 4.79 Å². The predicted octanol–water partition coefficient (Wildman–Crippen LogP) is 0.702. The maximum absolute atomic E-state index is 11.6. The number of thiazole rings is 1. The molecule has 94 valence electrons. The fourth-order valence-electron chi connectivity index (χ4n) is 1.69. The highest BCUT2D eigenvalue weighted by Crippen LogP contribution is 2.24. The molecular weight excluding hydrogens is 236 g/mol. The molecule has 1 N–H and O–H groups in total. The third-order valence-corrected chi connectivity index (χ3v) is 4.03. The van der Waals surface area contributed by atoms with Crippen LogP contribution in [0.4, 0.5) is 5.13 Å². The largest absolute Gasteiger partial charge is 0.342 e. The highest BCUT2D eigenvalue weighted by molar-refractivity contribution is 7.13. The Kier molecular flexibility index (Phi) is 3.63. The van der Waals surface area contributed by atoms with E-state index in [0.29, 0.717) is 6.54 Å². The highest BCUT2D eigenvalue weighted by atomic mass is 32.1. The Hall–Kier alpha value is -1.14. The normalized spacial score (nSPS) is 18.6. The van der Waals surface area contributed by atoms with Gasteiger partial charge in [0.15, 0.2) is 5.13 Å². The molecule has 1 aromatic heterocycles. The number of aromatic nitrogens is 1. The van der Waals surface area contributed by atoms with Crippen LogP contribution >= 0.6 is 11.3 Å². The van der Waals surface area contributed by atoms with Crippen molar-refractivity contribution in [2.45, 2.75) is 13.0 Å². The Morgan fingerprint density at radius 3 is 2.94 bits per heavy atom. The van der Waals surface area contributed by atoms with Gasteiger partial charge in [0.1, 0.15) is 0 Å². The van der Waals surface area contributed by atoms with E-state index in [2.05, 4.69) is 27.5 Å². The van der Waals surface area contributed by atoms with E-state index in [9.17, 15) is 4.79 Å². The number of rotatable bonds is 3. The van der Waals surface area contributed by atoms with Crippen LogP contribution in [0.3, 0.4) is 0 Å². The molecule has 6 heteroatoms. The lowest BCUT2D eigenvalue weighted by atomic mass is 10.3. The maximum Gasteiger partial charge on any atom is 0.241 e. The lowest BCUT2D eigenvalue weighted by Crippen LogP contribution is -2.48. The molecule has 1 aromatic rings. The van der Waals surface area contributed by atoms with E-state index in [1.165, 1.54) is 0 Å². The average molecular weight is 254 g/mol. The van der Waals surface area contributed by atoms with Crippen LogP contribution in [-0.4, -0.2) is 49.5 Å². The molecule has 1 fully saturated rings. The van der Waals surface area contributed by atoms with E-state index in [4.69, 9.17) is 0 Å². The fraction of sp³-hybridized carbons (Fsp3) is 0.636. The summed E-state index contributed by atoms with van der Waals surface area (Å²) in [5.74, 6) is 0.162. The zero-order valence-electron chi connectivity index (χ0n) is 10.4. The second kappa shape index (κ2) is 5.01. The Bertz CT molecular complexity index is 406. The summed E-state index contributed by atoms with van der Waals surface area (Å²) in [6.07, 6.45) is 0. The monoisotopic (exact) mass is 254 g/mol. The van der Waals surface area contributed by atoms with Crippen molar-refractivity contribution in [3.05, 3.63) is 11.1 Å². The molecule has 0 aliphatic carbocycles. The minimum Gasteiger partial charge on any atom is -0.342 e. The first-order chi connectivity index (χ1) is 8.11. The van der Waals surface area contributed by atoms with Crippen LogP contribution in [0, 0.1) is 0 Å². The third-order valence-electron chi connectivity index (χ3n) is 3.11. The SMILES string of the molecule is CNC(C)c1csc(N2CCN(C)C(=O)C2)n1. The molecule has 0 radical (unpaired) electrons. The highest BCUT2D eigenvalue weighted by Gasteiger charge is 2.23. The van der Waals surface area contributed by atoms with Crippen molar-refractivity contribution in [2.24, 2.45) is 0 Å². The van der Waals surface area contributed by atoms with Crippen LogP contribution in [-0.2, 0) is 4.79 Å². The number of likely N-dealkylation sites (N-methyl/N-ethyl adjacent to an activating group) is 1. The van der Waals surface area contributed by atoms with Gasteiger partial charge in [-0.1, -0.05) is 0 Å². The van der Waals surface area contributed by atoms with Crippen LogP contribution in [0.15, 0.2) is 5.38 Å². The van der Waals surface area contributed by atoms with Crippen LogP contribution in [0.25, 0.3) is 0 Å². The second-order valence-corrected chi connectivity index (χ2v) is 5.14. The summed E-state index contributed by atoms with van der Waals surface area (Å²) < 4.78 is 0. The van der Waals surface area contributed by atoms with E-state index in [1.807, 2.05) is 14.1 Å². The molecule has 2 heterocycles. The second-order valence-electron chi connectivity index (χ2n) is 4.30. The number of hydrogen-bond donors (Lipinski definition) is 1. The number of anilines is 1. The van der Waals surface area contributed by atoms with Crippen LogP contribution in [0.5, 0.6) is 0 Å². The third kappa shape index (κ3) is 2.58. The van der Waals surface area contributed by atoms with E-state index in [1.54, 1.807) is 16.2 Å². The smallest absolute Gasteiger partial charge is 0.241 e. The molecule has 1 amide bonds. The minimum atomic E-state index is 0.162. The van der Waals surface area contributed by atoms with E-state index in [0.717, 1.165) is 23.9 Å². The summed E-state index contributed by atoms with van der Waals surface area (Å²) in [5, 5.41) is 6.17. The first-order valence-corrected chi connectivity index (χ1v) is 6.61. The predicted molar refractivity (Wildman–Crippen MR) is 69.4 cm³/mol. The lowest BCUT2D eigenvalue weighted by Gasteiger charge is -2.31. The summed E-state index contributed by atoms with van der Waals surface area (Å²) >= 11 is 1.61. The number of piperazine rings is 1. The number of hydrogen-bond acceptors (Lipinski definition) is 5. The molecule has 2 rings (SSSR count). The molecule has 0 aromatic carbocycles. The molecule has 0 bridgehead atoms. The zero-order valence-corrected chi connectivity index (χ0v) is 11.3. The van der Waals surface area contributed by atoms with Crippen molar-refractivity contribution in [1.29, 1.82) is 0 Å². The number of carbonyl (C=O) groups is 1. The summed E-state index contributed by atoms with van der Waals surface area (Å²) in [5.41, 5.74) is 1.04. The molecule has 1 aliphatic rings. The molecule has 0 saturated carbocycles. The van der Waals surface area contributed by atoms with Crippen molar-refractivity contribution in [3.63, 3.8) is 0 Å². The molecule has 1 saturated heterocycles. The van der Waals surface area contributed by atoms with Crippen molar-refractivity contribution in [2.75, 3.05) is 38.6 Å². The average Bonchev–Trinajstić information content (AvgIpc) is 2.81. The van der Waals surface area contributed by atoms with Crippen LogP contribution < -0.4 is 10.2 Å². The van der Waals surface area contributed by atoms with Crippen molar-refractivity contribution in [3.8, 4) is 0 Å². The van der Waals surface area contributed by atoms with Gasteiger partial charge in [0.25, 0.3) is 0 Å². The first kappa shape index (κ1) is 12.3. The first-order valence-electron chi connectivity index (χ1n) is 5.73.